The number of carbonyl (C=O) groups excluding carboxylic acids is 1. The first-order valence-corrected chi connectivity index (χ1v) is 6.47. The van der Waals surface area contributed by atoms with Crippen LogP contribution in [0.5, 0.6) is 0 Å². The van der Waals surface area contributed by atoms with E-state index >= 15 is 0 Å². The minimum Gasteiger partial charge on any atom is -0.461 e. The number of ether oxygens (including phenoxy) is 1. The number of hydrogen-bond donors (Lipinski definition) is 1. The Morgan fingerprint density at radius 1 is 1.53 bits per heavy atom. The fourth-order valence-corrected chi connectivity index (χ4v) is 2.50. The Labute approximate surface area is 115 Å². The summed E-state index contributed by atoms with van der Waals surface area (Å²) in [5.41, 5.74) is 4.14. The van der Waals surface area contributed by atoms with Crippen LogP contribution in [0.2, 0.25) is 5.15 Å². The summed E-state index contributed by atoms with van der Waals surface area (Å²) in [7, 11) is 0. The van der Waals surface area contributed by atoms with Gasteiger partial charge in [-0.05, 0) is 31.4 Å². The topological polar surface area (TPSA) is 67.9 Å². The van der Waals surface area contributed by atoms with E-state index in [-0.39, 0.29) is 5.97 Å². The Bertz CT molecular complexity index is 651. The number of fused-ring (bicyclic) bond motifs is 3. The van der Waals surface area contributed by atoms with Crippen LogP contribution in [-0.2, 0) is 17.6 Å². The van der Waals surface area contributed by atoms with Gasteiger partial charge >= 0.3 is 5.97 Å². The van der Waals surface area contributed by atoms with Gasteiger partial charge in [0.1, 0.15) is 10.8 Å². The van der Waals surface area contributed by atoms with Gasteiger partial charge in [-0.25, -0.2) is 9.78 Å². The van der Waals surface area contributed by atoms with Crippen LogP contribution in [0.25, 0.3) is 11.3 Å². The molecule has 0 amide bonds. The van der Waals surface area contributed by atoms with E-state index < -0.39 is 0 Å². The number of aromatic nitrogens is 3. The van der Waals surface area contributed by atoms with Crippen molar-refractivity contribution in [3.8, 4) is 11.3 Å². The van der Waals surface area contributed by atoms with Gasteiger partial charge in [-0.15, -0.1) is 0 Å². The fraction of sp³-hybridized carbons (Fsp3) is 0.308. The summed E-state index contributed by atoms with van der Waals surface area (Å²) in [5, 5.41) is 7.43. The second kappa shape index (κ2) is 4.66. The van der Waals surface area contributed by atoms with E-state index in [4.69, 9.17) is 16.3 Å². The monoisotopic (exact) mass is 277 g/mol. The lowest BCUT2D eigenvalue weighted by Gasteiger charge is -2.15. The van der Waals surface area contributed by atoms with Crippen molar-refractivity contribution >= 4 is 17.6 Å². The zero-order valence-electron chi connectivity index (χ0n) is 10.4. The van der Waals surface area contributed by atoms with Gasteiger partial charge in [0.2, 0.25) is 0 Å². The van der Waals surface area contributed by atoms with E-state index in [0.29, 0.717) is 17.5 Å². The van der Waals surface area contributed by atoms with Crippen molar-refractivity contribution in [3.63, 3.8) is 0 Å². The van der Waals surface area contributed by atoms with Crippen molar-refractivity contribution in [2.45, 2.75) is 19.8 Å². The van der Waals surface area contributed by atoms with Gasteiger partial charge in [-0.3, -0.25) is 5.10 Å². The van der Waals surface area contributed by atoms with Crippen LogP contribution in [0, 0.1) is 0 Å². The molecular formula is C13H12ClN3O2. The molecule has 0 aromatic carbocycles. The van der Waals surface area contributed by atoms with Crippen molar-refractivity contribution in [1.29, 1.82) is 0 Å². The zero-order chi connectivity index (χ0) is 13.4. The Morgan fingerprint density at radius 3 is 3.16 bits per heavy atom. The number of carbonyl (C=O) groups is 1. The van der Waals surface area contributed by atoms with E-state index in [1.807, 2.05) is 0 Å². The van der Waals surface area contributed by atoms with E-state index in [1.54, 1.807) is 19.2 Å². The van der Waals surface area contributed by atoms with Gasteiger partial charge in [0.15, 0.2) is 0 Å². The number of H-pyrrole nitrogens is 1. The number of halogens is 1. The molecular weight excluding hydrogens is 266 g/mol. The zero-order valence-corrected chi connectivity index (χ0v) is 11.1. The standard InChI is InChI=1S/C13H12ClN3O2/c1-2-19-13(18)12-8-4-3-7-6-15-10(14)5-9(7)11(8)16-17-12/h5-6H,2-4H2,1H3,(H,16,17). The van der Waals surface area contributed by atoms with Crippen molar-refractivity contribution in [1.82, 2.24) is 15.2 Å². The van der Waals surface area contributed by atoms with Crippen LogP contribution in [0.1, 0.15) is 28.5 Å². The Kier molecular flexibility index (Phi) is 2.98. The van der Waals surface area contributed by atoms with E-state index in [2.05, 4.69) is 15.2 Å². The average Bonchev–Trinajstić information content (AvgIpc) is 2.83. The van der Waals surface area contributed by atoms with E-state index in [9.17, 15) is 4.79 Å². The number of hydrogen-bond acceptors (Lipinski definition) is 4. The summed E-state index contributed by atoms with van der Waals surface area (Å²) < 4.78 is 5.02. The van der Waals surface area contributed by atoms with Crippen LogP contribution < -0.4 is 0 Å². The highest BCUT2D eigenvalue weighted by molar-refractivity contribution is 6.29. The number of aryl methyl sites for hydroxylation is 1. The summed E-state index contributed by atoms with van der Waals surface area (Å²) in [5.74, 6) is -0.361. The average molecular weight is 278 g/mol. The molecule has 0 unspecified atom stereocenters. The van der Waals surface area contributed by atoms with E-state index in [1.165, 1.54) is 0 Å². The number of nitrogens with zero attached hydrogens (tertiary/aromatic N) is 2. The molecule has 1 aliphatic carbocycles. The molecule has 6 heteroatoms. The van der Waals surface area contributed by atoms with Crippen LogP contribution in [0.15, 0.2) is 12.3 Å². The molecule has 2 heterocycles. The summed E-state index contributed by atoms with van der Waals surface area (Å²) in [4.78, 5) is 15.9. The van der Waals surface area contributed by atoms with Gasteiger partial charge in [-0.1, -0.05) is 11.6 Å². The molecule has 3 rings (SSSR count). The number of nitrogens with one attached hydrogen (secondary N) is 1. The maximum atomic E-state index is 11.8. The minimum absolute atomic E-state index is 0.346. The lowest BCUT2D eigenvalue weighted by Crippen LogP contribution is -2.11. The molecule has 0 spiro atoms. The lowest BCUT2D eigenvalue weighted by atomic mass is 9.90. The van der Waals surface area contributed by atoms with Crippen LogP contribution in [0.3, 0.4) is 0 Å². The molecule has 0 aliphatic heterocycles. The number of esters is 1. The van der Waals surface area contributed by atoms with Crippen LogP contribution in [0.4, 0.5) is 0 Å². The molecule has 19 heavy (non-hydrogen) atoms. The van der Waals surface area contributed by atoms with Gasteiger partial charge in [0.05, 0.1) is 12.3 Å². The quantitative estimate of drug-likeness (QED) is 0.676. The predicted octanol–water partition coefficient (Wildman–Crippen LogP) is 2.40. The fourth-order valence-electron chi connectivity index (χ4n) is 2.34. The summed E-state index contributed by atoms with van der Waals surface area (Å²) in [6, 6.07) is 1.78. The number of rotatable bonds is 2. The normalized spacial score (nSPS) is 12.7. The van der Waals surface area contributed by atoms with Gasteiger partial charge in [0.25, 0.3) is 0 Å². The lowest BCUT2D eigenvalue weighted by molar-refractivity contribution is 0.0518. The second-order valence-corrected chi connectivity index (χ2v) is 4.70. The van der Waals surface area contributed by atoms with Crippen molar-refractivity contribution in [2.24, 2.45) is 0 Å². The summed E-state index contributed by atoms with van der Waals surface area (Å²) in [6.07, 6.45) is 3.33. The summed E-state index contributed by atoms with van der Waals surface area (Å²) in [6.45, 7) is 2.13. The molecule has 5 nitrogen and oxygen atoms in total. The molecule has 0 atom stereocenters. The largest absolute Gasteiger partial charge is 0.461 e. The molecule has 2 aromatic heterocycles. The third-order valence-electron chi connectivity index (χ3n) is 3.20. The number of aromatic amines is 1. The Balaban J connectivity index is 2.09. The SMILES string of the molecule is CCOC(=O)c1[nH]nc2c1CCc1cnc(Cl)cc1-2. The van der Waals surface area contributed by atoms with Gasteiger partial charge in [0, 0.05) is 17.3 Å². The highest BCUT2D eigenvalue weighted by Crippen LogP contribution is 2.34. The summed E-state index contributed by atoms with van der Waals surface area (Å²) >= 11 is 5.92. The van der Waals surface area contributed by atoms with Crippen LogP contribution >= 0.6 is 11.6 Å². The first-order valence-electron chi connectivity index (χ1n) is 6.10. The second-order valence-electron chi connectivity index (χ2n) is 4.31. The van der Waals surface area contributed by atoms with E-state index in [0.717, 1.165) is 35.2 Å². The maximum absolute atomic E-state index is 11.8. The molecule has 0 saturated heterocycles. The van der Waals surface area contributed by atoms with Crippen molar-refractivity contribution in [2.75, 3.05) is 6.61 Å². The molecule has 2 aromatic rings. The molecule has 0 radical (unpaired) electrons. The molecule has 1 aliphatic rings. The van der Waals surface area contributed by atoms with Crippen LogP contribution in [-0.4, -0.2) is 27.8 Å². The Morgan fingerprint density at radius 2 is 2.37 bits per heavy atom. The maximum Gasteiger partial charge on any atom is 0.356 e. The smallest absolute Gasteiger partial charge is 0.356 e. The highest BCUT2D eigenvalue weighted by Gasteiger charge is 2.26. The first kappa shape index (κ1) is 12.2. The molecule has 0 bridgehead atoms. The molecule has 1 N–H and O–H groups in total. The highest BCUT2D eigenvalue weighted by atomic mass is 35.5. The number of pyridine rings is 1. The third kappa shape index (κ3) is 2.00. The van der Waals surface area contributed by atoms with Crippen molar-refractivity contribution in [3.05, 3.63) is 34.2 Å². The van der Waals surface area contributed by atoms with Gasteiger partial charge in [-0.2, -0.15) is 5.10 Å². The van der Waals surface area contributed by atoms with Crippen molar-refractivity contribution < 1.29 is 9.53 Å². The molecule has 0 saturated carbocycles. The third-order valence-corrected chi connectivity index (χ3v) is 3.41. The first-order chi connectivity index (χ1) is 9.20. The Hall–Kier alpha value is -1.88. The van der Waals surface area contributed by atoms with Gasteiger partial charge < -0.3 is 4.74 Å². The molecule has 98 valence electrons. The predicted molar refractivity (Wildman–Crippen MR) is 70.2 cm³/mol. The minimum atomic E-state index is -0.361. The molecule has 0 fully saturated rings.